The van der Waals surface area contributed by atoms with Crippen LogP contribution in [0.15, 0.2) is 60.8 Å². The van der Waals surface area contributed by atoms with Gasteiger partial charge in [-0.2, -0.15) is 0 Å². The number of carbonyl (C=O) groups excluding carboxylic acids is 3. The van der Waals surface area contributed by atoms with Crippen molar-refractivity contribution in [2.75, 3.05) is 13.2 Å². The van der Waals surface area contributed by atoms with E-state index in [1.54, 1.807) is 0 Å². The van der Waals surface area contributed by atoms with Gasteiger partial charge < -0.3 is 14.2 Å². The maximum absolute atomic E-state index is 12.9. The third-order valence-corrected chi connectivity index (χ3v) is 15.3. The van der Waals surface area contributed by atoms with E-state index in [0.29, 0.717) is 19.3 Å². The molecule has 0 aliphatic heterocycles. The third kappa shape index (κ3) is 63.9. The Morgan fingerprint density at radius 3 is 0.795 bits per heavy atom. The lowest BCUT2D eigenvalue weighted by Gasteiger charge is -2.18. The zero-order valence-electron chi connectivity index (χ0n) is 52.2. The van der Waals surface area contributed by atoms with E-state index < -0.39 is 6.10 Å². The Balaban J connectivity index is 4.21. The molecular weight excluding hydrogens is 961 g/mol. The second-order valence-electron chi connectivity index (χ2n) is 23.1. The molecule has 0 rings (SSSR count). The Bertz CT molecular complexity index is 1390. The van der Waals surface area contributed by atoms with Crippen LogP contribution in [0.4, 0.5) is 0 Å². The number of carbonyl (C=O) groups is 3. The van der Waals surface area contributed by atoms with E-state index in [9.17, 15) is 14.4 Å². The maximum Gasteiger partial charge on any atom is 0.306 e. The Morgan fingerprint density at radius 2 is 0.500 bits per heavy atom. The molecule has 0 N–H and O–H groups in total. The molecule has 0 aromatic heterocycles. The Kier molecular flexibility index (Phi) is 64.2. The Hall–Kier alpha value is -2.89. The molecule has 0 aromatic carbocycles. The molecule has 0 saturated carbocycles. The zero-order valence-corrected chi connectivity index (χ0v) is 52.2. The van der Waals surface area contributed by atoms with E-state index in [1.807, 2.05) is 0 Å². The van der Waals surface area contributed by atoms with E-state index in [1.165, 1.54) is 231 Å². The maximum atomic E-state index is 12.9. The minimum Gasteiger partial charge on any atom is -0.462 e. The second-order valence-corrected chi connectivity index (χ2v) is 23.1. The zero-order chi connectivity index (χ0) is 56.4. The van der Waals surface area contributed by atoms with Gasteiger partial charge in [0.25, 0.3) is 0 Å². The molecule has 0 amide bonds. The lowest BCUT2D eigenvalue weighted by molar-refractivity contribution is -0.167. The molecule has 0 aromatic rings. The summed E-state index contributed by atoms with van der Waals surface area (Å²) in [5, 5.41) is 0. The summed E-state index contributed by atoms with van der Waals surface area (Å²) in [6.45, 7) is 6.57. The van der Waals surface area contributed by atoms with Gasteiger partial charge >= 0.3 is 17.9 Å². The van der Waals surface area contributed by atoms with Crippen LogP contribution in [0.3, 0.4) is 0 Å². The number of hydrogen-bond acceptors (Lipinski definition) is 6. The molecule has 6 nitrogen and oxygen atoms in total. The molecule has 0 aliphatic carbocycles. The average molecular weight is 1090 g/mol. The van der Waals surface area contributed by atoms with Crippen LogP contribution in [-0.2, 0) is 28.6 Å². The summed E-state index contributed by atoms with van der Waals surface area (Å²) >= 11 is 0. The van der Waals surface area contributed by atoms with Gasteiger partial charge in [-0.05, 0) is 83.5 Å². The summed E-state index contributed by atoms with van der Waals surface area (Å²) in [5.41, 5.74) is 0. The molecule has 78 heavy (non-hydrogen) atoms. The number of esters is 3. The van der Waals surface area contributed by atoms with E-state index in [-0.39, 0.29) is 31.1 Å². The highest BCUT2D eigenvalue weighted by atomic mass is 16.6. The van der Waals surface area contributed by atoms with Crippen LogP contribution < -0.4 is 0 Å². The smallest absolute Gasteiger partial charge is 0.306 e. The molecule has 0 saturated heterocycles. The minimum atomic E-state index is -0.775. The molecule has 0 radical (unpaired) electrons. The van der Waals surface area contributed by atoms with E-state index in [4.69, 9.17) is 14.2 Å². The molecule has 0 heterocycles. The Labute approximate surface area is 485 Å². The molecule has 0 fully saturated rings. The fraction of sp³-hybridized carbons (Fsp3) is 0.819. The number of allylic oxidation sites excluding steroid dienone is 10. The summed E-state index contributed by atoms with van der Waals surface area (Å²) in [6.07, 6.45) is 85.3. The summed E-state index contributed by atoms with van der Waals surface area (Å²) in [5.74, 6) is -0.856. The second kappa shape index (κ2) is 66.6. The molecular formula is C72H130O6. The highest BCUT2D eigenvalue weighted by Gasteiger charge is 2.19. The summed E-state index contributed by atoms with van der Waals surface area (Å²) < 4.78 is 17.0. The van der Waals surface area contributed by atoms with Gasteiger partial charge in [0.15, 0.2) is 6.10 Å². The first kappa shape index (κ1) is 75.1. The normalized spacial score (nSPS) is 12.4. The lowest BCUT2D eigenvalue weighted by Crippen LogP contribution is -2.30. The molecule has 454 valence electrons. The first-order valence-corrected chi connectivity index (χ1v) is 34.3. The third-order valence-electron chi connectivity index (χ3n) is 15.3. The average Bonchev–Trinajstić information content (AvgIpc) is 3.44. The molecule has 0 aliphatic rings. The predicted octanol–water partition coefficient (Wildman–Crippen LogP) is 23.5. The number of ether oxygens (including phenoxy) is 3. The number of hydrogen-bond donors (Lipinski definition) is 0. The quantitative estimate of drug-likeness (QED) is 0.0261. The molecule has 6 heteroatoms. The SMILES string of the molecule is CC/C=C\C/C=C\C/C=C\C/C=C\CCCCCCCCCCCCCCCCCCC(=O)OCC(COC(=O)CCCCCCC/C=C\CCCCCCC)OC(=O)CCCCCCCCCCCCCCCCCCC. The first-order chi connectivity index (χ1) is 38.5. The van der Waals surface area contributed by atoms with Gasteiger partial charge in [0.05, 0.1) is 0 Å². The van der Waals surface area contributed by atoms with Gasteiger partial charge in [-0.15, -0.1) is 0 Å². The van der Waals surface area contributed by atoms with E-state index >= 15 is 0 Å². The summed E-state index contributed by atoms with van der Waals surface area (Å²) in [4.78, 5) is 38.4. The van der Waals surface area contributed by atoms with Crippen molar-refractivity contribution in [1.29, 1.82) is 0 Å². The van der Waals surface area contributed by atoms with Crippen LogP contribution in [0.5, 0.6) is 0 Å². The van der Waals surface area contributed by atoms with Crippen LogP contribution in [0.25, 0.3) is 0 Å². The molecule has 0 spiro atoms. The highest BCUT2D eigenvalue weighted by molar-refractivity contribution is 5.71. The monoisotopic (exact) mass is 1090 g/mol. The van der Waals surface area contributed by atoms with Crippen molar-refractivity contribution in [3.8, 4) is 0 Å². The minimum absolute atomic E-state index is 0.0715. The van der Waals surface area contributed by atoms with Gasteiger partial charge in [-0.25, -0.2) is 0 Å². The van der Waals surface area contributed by atoms with Crippen molar-refractivity contribution in [2.45, 2.75) is 367 Å². The van der Waals surface area contributed by atoms with Crippen molar-refractivity contribution in [2.24, 2.45) is 0 Å². The molecule has 1 atom stereocenters. The fourth-order valence-electron chi connectivity index (χ4n) is 10.1. The molecule has 1 unspecified atom stereocenters. The first-order valence-electron chi connectivity index (χ1n) is 34.3. The van der Waals surface area contributed by atoms with Crippen LogP contribution in [0, 0.1) is 0 Å². The van der Waals surface area contributed by atoms with Gasteiger partial charge in [0, 0.05) is 19.3 Å². The van der Waals surface area contributed by atoms with E-state index in [2.05, 4.69) is 81.5 Å². The molecule has 0 bridgehead atoms. The number of unbranched alkanes of at least 4 members (excludes halogenated alkanes) is 42. The van der Waals surface area contributed by atoms with Gasteiger partial charge in [-0.3, -0.25) is 14.4 Å². The van der Waals surface area contributed by atoms with Crippen LogP contribution in [0.2, 0.25) is 0 Å². The highest BCUT2D eigenvalue weighted by Crippen LogP contribution is 2.18. The summed E-state index contributed by atoms with van der Waals surface area (Å²) in [7, 11) is 0. The van der Waals surface area contributed by atoms with Crippen molar-refractivity contribution in [3.63, 3.8) is 0 Å². The van der Waals surface area contributed by atoms with Gasteiger partial charge in [0.1, 0.15) is 13.2 Å². The van der Waals surface area contributed by atoms with Crippen molar-refractivity contribution >= 4 is 17.9 Å². The van der Waals surface area contributed by atoms with Gasteiger partial charge in [0.2, 0.25) is 0 Å². The van der Waals surface area contributed by atoms with Crippen molar-refractivity contribution in [3.05, 3.63) is 60.8 Å². The fourth-order valence-corrected chi connectivity index (χ4v) is 10.1. The largest absolute Gasteiger partial charge is 0.462 e. The lowest BCUT2D eigenvalue weighted by atomic mass is 10.0. The van der Waals surface area contributed by atoms with Crippen LogP contribution in [-0.4, -0.2) is 37.2 Å². The van der Waals surface area contributed by atoms with Gasteiger partial charge in [-0.1, -0.05) is 319 Å². The van der Waals surface area contributed by atoms with Crippen molar-refractivity contribution in [1.82, 2.24) is 0 Å². The number of rotatable bonds is 63. The Morgan fingerprint density at radius 1 is 0.269 bits per heavy atom. The summed E-state index contributed by atoms with van der Waals surface area (Å²) in [6, 6.07) is 0. The van der Waals surface area contributed by atoms with E-state index in [0.717, 1.165) is 89.9 Å². The van der Waals surface area contributed by atoms with Crippen molar-refractivity contribution < 1.29 is 28.6 Å². The topological polar surface area (TPSA) is 78.9 Å². The standard InChI is InChI=1S/C72H130O6/c1-4-7-10-13-16-19-22-25-28-30-31-32-33-34-35-36-37-38-39-40-41-43-44-47-50-53-56-59-62-65-71(74)77-68-69(67-76-70(73)64-61-58-55-52-49-46-27-24-21-18-15-12-9-6-3)78-72(75)66-63-60-57-54-51-48-45-42-29-26-23-20-17-14-11-8-5-2/h7,10,16,19,24-25,27-28,31-32,69H,4-6,8-9,11-15,17-18,20-23,26,29-30,33-68H2,1-3H3/b10-7-,19-16-,27-24-,28-25-,32-31-. The van der Waals surface area contributed by atoms with Crippen LogP contribution in [0.1, 0.15) is 361 Å². The predicted molar refractivity (Wildman–Crippen MR) is 339 cm³/mol. The van der Waals surface area contributed by atoms with Crippen LogP contribution >= 0.6 is 0 Å².